The Kier molecular flexibility index (Phi) is 6.63. The van der Waals surface area contributed by atoms with Gasteiger partial charge < -0.3 is 19.7 Å². The van der Waals surface area contributed by atoms with Crippen molar-refractivity contribution in [2.45, 2.75) is 6.92 Å². The van der Waals surface area contributed by atoms with Crippen molar-refractivity contribution in [3.8, 4) is 11.5 Å². The van der Waals surface area contributed by atoms with Gasteiger partial charge in [0.15, 0.2) is 11.5 Å². The van der Waals surface area contributed by atoms with Crippen LogP contribution in [0.4, 0.5) is 11.4 Å². The second-order valence-electron chi connectivity index (χ2n) is 6.44. The van der Waals surface area contributed by atoms with E-state index in [1.807, 2.05) is 0 Å². The molecule has 1 N–H and O–H groups in total. The third-order valence-electron chi connectivity index (χ3n) is 4.38. The van der Waals surface area contributed by atoms with E-state index in [2.05, 4.69) is 5.32 Å². The molecule has 0 aromatic heterocycles. The highest BCUT2D eigenvalue weighted by atomic mass is 16.6. The highest BCUT2D eigenvalue weighted by Gasteiger charge is 2.16. The van der Waals surface area contributed by atoms with Crippen LogP contribution in [0.5, 0.6) is 11.5 Å². The fraction of sp³-hybridized carbons (Fsp3) is 0.238. The zero-order chi connectivity index (χ0) is 21.5. The lowest BCUT2D eigenvalue weighted by Crippen LogP contribution is -2.36. The Morgan fingerprint density at radius 2 is 1.83 bits per heavy atom. The van der Waals surface area contributed by atoms with Gasteiger partial charge in [-0.15, -0.1) is 0 Å². The lowest BCUT2D eigenvalue weighted by Gasteiger charge is -2.20. The van der Waals surface area contributed by atoms with Gasteiger partial charge in [0.2, 0.25) is 11.8 Å². The third-order valence-corrected chi connectivity index (χ3v) is 4.38. The minimum absolute atomic E-state index is 0.0236. The number of nitro groups is 1. The Bertz CT molecular complexity index is 971. The molecule has 0 bridgehead atoms. The molecule has 2 amide bonds. The number of benzene rings is 2. The highest BCUT2D eigenvalue weighted by Crippen LogP contribution is 2.32. The molecule has 2 aromatic carbocycles. The molecule has 0 atom stereocenters. The summed E-state index contributed by atoms with van der Waals surface area (Å²) in [7, 11) is 0. The summed E-state index contributed by atoms with van der Waals surface area (Å²) in [5.41, 5.74) is 1.17. The van der Waals surface area contributed by atoms with Crippen LogP contribution in [0.1, 0.15) is 12.5 Å². The van der Waals surface area contributed by atoms with Crippen molar-refractivity contribution in [3.63, 3.8) is 0 Å². The first-order chi connectivity index (χ1) is 14.5. The molecule has 0 saturated carbocycles. The van der Waals surface area contributed by atoms with Gasteiger partial charge in [-0.25, -0.2) is 0 Å². The van der Waals surface area contributed by atoms with Crippen LogP contribution in [-0.2, 0) is 9.59 Å². The van der Waals surface area contributed by atoms with E-state index < -0.39 is 4.92 Å². The number of hydrogen-bond donors (Lipinski definition) is 1. The van der Waals surface area contributed by atoms with Crippen molar-refractivity contribution < 1.29 is 24.0 Å². The minimum Gasteiger partial charge on any atom is -0.486 e. The van der Waals surface area contributed by atoms with Crippen LogP contribution in [0.2, 0.25) is 0 Å². The predicted molar refractivity (Wildman–Crippen MR) is 110 cm³/mol. The Morgan fingerprint density at radius 3 is 2.50 bits per heavy atom. The molecule has 1 aliphatic rings. The van der Waals surface area contributed by atoms with Crippen molar-refractivity contribution in [1.29, 1.82) is 0 Å². The summed E-state index contributed by atoms with van der Waals surface area (Å²) >= 11 is 0. The molecule has 9 heteroatoms. The first-order valence-electron chi connectivity index (χ1n) is 9.37. The minimum atomic E-state index is -0.488. The van der Waals surface area contributed by atoms with Crippen LogP contribution in [0, 0.1) is 10.1 Å². The lowest BCUT2D eigenvalue weighted by molar-refractivity contribution is -0.384. The van der Waals surface area contributed by atoms with Gasteiger partial charge in [0.25, 0.3) is 5.69 Å². The van der Waals surface area contributed by atoms with Crippen LogP contribution in [0.25, 0.3) is 6.08 Å². The van der Waals surface area contributed by atoms with Crippen molar-refractivity contribution in [3.05, 3.63) is 64.2 Å². The fourth-order valence-corrected chi connectivity index (χ4v) is 2.82. The van der Waals surface area contributed by atoms with E-state index >= 15 is 0 Å². The van der Waals surface area contributed by atoms with Crippen LogP contribution in [-0.4, -0.2) is 47.9 Å². The van der Waals surface area contributed by atoms with Crippen LogP contribution in [0.15, 0.2) is 48.5 Å². The molecule has 3 rings (SSSR count). The number of nitrogens with one attached hydrogen (secondary N) is 1. The number of carbonyl (C=O) groups is 2. The van der Waals surface area contributed by atoms with Crippen molar-refractivity contribution in [2.75, 3.05) is 31.6 Å². The van der Waals surface area contributed by atoms with Gasteiger partial charge in [-0.05, 0) is 42.8 Å². The molecular weight excluding hydrogens is 390 g/mol. The molecule has 1 aliphatic heterocycles. The van der Waals surface area contributed by atoms with Gasteiger partial charge in [-0.1, -0.05) is 0 Å². The molecule has 2 aromatic rings. The van der Waals surface area contributed by atoms with Gasteiger partial charge in [-0.2, -0.15) is 0 Å². The van der Waals surface area contributed by atoms with E-state index in [4.69, 9.17) is 9.47 Å². The van der Waals surface area contributed by atoms with E-state index in [0.717, 1.165) is 0 Å². The summed E-state index contributed by atoms with van der Waals surface area (Å²) in [6, 6.07) is 10.9. The van der Waals surface area contributed by atoms with Crippen LogP contribution < -0.4 is 14.8 Å². The smallest absolute Gasteiger partial charge is 0.269 e. The van der Waals surface area contributed by atoms with Gasteiger partial charge in [0.05, 0.1) is 4.92 Å². The molecule has 0 spiro atoms. The number of non-ortho nitro benzene ring substituents is 1. The molecule has 156 valence electrons. The van der Waals surface area contributed by atoms with E-state index in [0.29, 0.717) is 42.5 Å². The van der Waals surface area contributed by atoms with E-state index in [9.17, 15) is 19.7 Å². The van der Waals surface area contributed by atoms with Crippen molar-refractivity contribution in [1.82, 2.24) is 4.90 Å². The molecule has 0 radical (unpaired) electrons. The number of hydrogen-bond acceptors (Lipinski definition) is 6. The second kappa shape index (κ2) is 9.55. The molecule has 0 unspecified atom stereocenters. The number of amides is 2. The Labute approximate surface area is 173 Å². The summed E-state index contributed by atoms with van der Waals surface area (Å²) in [5.74, 6) is 0.508. The number of nitro benzene ring substituents is 1. The number of anilines is 1. The quantitative estimate of drug-likeness (QED) is 0.426. The van der Waals surface area contributed by atoms with E-state index in [1.165, 1.54) is 23.1 Å². The van der Waals surface area contributed by atoms with E-state index in [-0.39, 0.29) is 24.0 Å². The maximum atomic E-state index is 12.4. The second-order valence-corrected chi connectivity index (χ2v) is 6.44. The molecule has 0 aliphatic carbocycles. The lowest BCUT2D eigenvalue weighted by atomic mass is 10.2. The largest absolute Gasteiger partial charge is 0.486 e. The molecule has 30 heavy (non-hydrogen) atoms. The zero-order valence-electron chi connectivity index (χ0n) is 16.4. The van der Waals surface area contributed by atoms with Gasteiger partial charge in [0, 0.05) is 36.5 Å². The molecule has 9 nitrogen and oxygen atoms in total. The Morgan fingerprint density at radius 1 is 1.13 bits per heavy atom. The van der Waals surface area contributed by atoms with E-state index in [1.54, 1.807) is 43.3 Å². The first-order valence-corrected chi connectivity index (χ1v) is 9.37. The van der Waals surface area contributed by atoms with Crippen LogP contribution >= 0.6 is 0 Å². The molecule has 1 heterocycles. The van der Waals surface area contributed by atoms with Crippen molar-refractivity contribution in [2.24, 2.45) is 0 Å². The maximum Gasteiger partial charge on any atom is 0.269 e. The topological polar surface area (TPSA) is 111 Å². The molecule has 0 saturated heterocycles. The summed E-state index contributed by atoms with van der Waals surface area (Å²) in [5, 5.41) is 13.4. The summed E-state index contributed by atoms with van der Waals surface area (Å²) in [6.07, 6.45) is 2.88. The zero-order valence-corrected chi connectivity index (χ0v) is 16.4. The normalized spacial score (nSPS) is 12.4. The molecule has 0 fully saturated rings. The average molecular weight is 411 g/mol. The number of fused-ring (bicyclic) bond motifs is 1. The summed E-state index contributed by atoms with van der Waals surface area (Å²) < 4.78 is 10.9. The highest BCUT2D eigenvalue weighted by molar-refractivity contribution is 5.98. The summed E-state index contributed by atoms with van der Waals surface area (Å²) in [6.45, 7) is 2.94. The van der Waals surface area contributed by atoms with Gasteiger partial charge in [-0.3, -0.25) is 19.7 Å². The number of nitrogens with zero attached hydrogens (tertiary/aromatic N) is 2. The monoisotopic (exact) mass is 411 g/mol. The third kappa shape index (κ3) is 5.34. The number of ether oxygens (including phenoxy) is 2. The summed E-state index contributed by atoms with van der Waals surface area (Å²) in [4.78, 5) is 36.4. The number of likely N-dealkylation sites (N-methyl/N-ethyl adjacent to an activating group) is 1. The van der Waals surface area contributed by atoms with Crippen molar-refractivity contribution >= 4 is 29.3 Å². The predicted octanol–water partition coefficient (Wildman–Crippen LogP) is 2.87. The Hall–Kier alpha value is -3.88. The van der Waals surface area contributed by atoms with Gasteiger partial charge in [0.1, 0.15) is 19.8 Å². The maximum absolute atomic E-state index is 12.4. The van der Waals surface area contributed by atoms with Crippen LogP contribution in [0.3, 0.4) is 0 Å². The fourth-order valence-electron chi connectivity index (χ4n) is 2.82. The average Bonchev–Trinajstić information content (AvgIpc) is 2.76. The Balaban J connectivity index is 1.57. The molecular formula is C21H21N3O6. The number of rotatable bonds is 7. The first kappa shape index (κ1) is 20.8. The van der Waals surface area contributed by atoms with Gasteiger partial charge >= 0.3 is 0 Å². The number of carbonyl (C=O) groups excluding carboxylic acids is 2. The standard InChI is InChI=1S/C21H21N3O6/c1-2-23(21(26)10-5-15-3-7-17(8-4-15)24(27)28)14-20(25)22-16-6-9-18-19(13-16)30-12-11-29-18/h3-10,13H,2,11-12,14H2,1H3,(H,22,25)/b10-5+. The SMILES string of the molecule is CCN(CC(=O)Nc1ccc2c(c1)OCCO2)C(=O)/C=C/c1ccc([N+](=O)[O-])cc1.